The number of nitrogens with zero attached hydrogens (tertiary/aromatic N) is 1. The zero-order chi connectivity index (χ0) is 15.1. The molecule has 20 heavy (non-hydrogen) atoms. The fourth-order valence-electron chi connectivity index (χ4n) is 1.96. The number of aromatic carboxylic acids is 1. The van der Waals surface area contributed by atoms with Crippen LogP contribution in [0.2, 0.25) is 0 Å². The summed E-state index contributed by atoms with van der Waals surface area (Å²) < 4.78 is 34.9. The first-order valence-electron chi connectivity index (χ1n) is 5.47. The van der Waals surface area contributed by atoms with Crippen molar-refractivity contribution < 1.29 is 27.0 Å². The largest absolute Gasteiger partial charge is 0.478 e. The third-order valence-corrected chi connectivity index (χ3v) is 4.78. The lowest BCUT2D eigenvalue weighted by Crippen LogP contribution is -2.27. The van der Waals surface area contributed by atoms with Gasteiger partial charge in [0.1, 0.15) is 5.25 Å². The summed E-state index contributed by atoms with van der Waals surface area (Å²) in [4.78, 5) is 23.8. The van der Waals surface area contributed by atoms with E-state index >= 15 is 0 Å². The molecule has 1 aromatic rings. The van der Waals surface area contributed by atoms with Gasteiger partial charge in [-0.15, -0.1) is 3.89 Å². The first-order valence-corrected chi connectivity index (χ1v) is 7.71. The minimum absolute atomic E-state index is 0.0677. The lowest BCUT2D eigenvalue weighted by atomic mass is 10.2. The van der Waals surface area contributed by atoms with E-state index in [9.17, 15) is 21.9 Å². The molecule has 2 rings (SSSR count). The van der Waals surface area contributed by atoms with E-state index in [0.717, 1.165) is 4.90 Å². The van der Waals surface area contributed by atoms with Gasteiger partial charge < -0.3 is 10.0 Å². The Balaban J connectivity index is 2.36. The SMILES string of the molecule is O=C(O)c1cc(N2CC(S(=O)(=O)F)CC2=O)ccc1Br. The Morgan fingerprint density at radius 1 is 1.45 bits per heavy atom. The van der Waals surface area contributed by atoms with Gasteiger partial charge in [-0.05, 0) is 34.1 Å². The van der Waals surface area contributed by atoms with Crippen LogP contribution in [0, 0.1) is 0 Å². The second-order valence-corrected chi connectivity index (χ2v) is 6.75. The van der Waals surface area contributed by atoms with E-state index in [2.05, 4.69) is 15.9 Å². The molecule has 0 aromatic heterocycles. The van der Waals surface area contributed by atoms with Gasteiger partial charge in [-0.1, -0.05) is 0 Å². The molecule has 0 spiro atoms. The summed E-state index contributed by atoms with van der Waals surface area (Å²) in [6.45, 7) is -0.321. The number of carbonyl (C=O) groups is 2. The van der Waals surface area contributed by atoms with Gasteiger partial charge in [0.25, 0.3) is 0 Å². The van der Waals surface area contributed by atoms with Crippen molar-refractivity contribution >= 4 is 43.7 Å². The highest BCUT2D eigenvalue weighted by molar-refractivity contribution is 9.10. The number of carbonyl (C=O) groups excluding carboxylic acids is 1. The molecule has 1 N–H and O–H groups in total. The van der Waals surface area contributed by atoms with Gasteiger partial charge in [0.2, 0.25) is 5.91 Å². The topological polar surface area (TPSA) is 91.8 Å². The summed E-state index contributed by atoms with van der Waals surface area (Å²) in [7, 11) is -4.80. The number of rotatable bonds is 3. The number of benzene rings is 1. The standard InChI is InChI=1S/C11H9BrFNO5S/c12-9-2-1-6(3-8(9)11(16)17)14-5-7(4-10(14)15)20(13,18)19/h1-3,7H,4-5H2,(H,16,17). The average Bonchev–Trinajstić information content (AvgIpc) is 2.71. The average molecular weight is 366 g/mol. The van der Waals surface area contributed by atoms with Crippen LogP contribution < -0.4 is 4.90 Å². The molecule has 0 saturated carbocycles. The summed E-state index contributed by atoms with van der Waals surface area (Å²) in [5.41, 5.74) is 0.156. The summed E-state index contributed by atoms with van der Waals surface area (Å²) in [5, 5.41) is 7.58. The highest BCUT2D eigenvalue weighted by Gasteiger charge is 2.39. The third kappa shape index (κ3) is 2.83. The van der Waals surface area contributed by atoms with Gasteiger partial charge >= 0.3 is 16.2 Å². The second kappa shape index (κ2) is 5.13. The molecule has 1 aromatic carbocycles. The smallest absolute Gasteiger partial charge is 0.336 e. The van der Waals surface area contributed by atoms with Crippen molar-refractivity contribution in [3.05, 3.63) is 28.2 Å². The van der Waals surface area contributed by atoms with Crippen LogP contribution in [0.4, 0.5) is 9.57 Å². The van der Waals surface area contributed by atoms with Crippen LogP contribution in [0.5, 0.6) is 0 Å². The van der Waals surface area contributed by atoms with Gasteiger partial charge in [-0.2, -0.15) is 8.42 Å². The quantitative estimate of drug-likeness (QED) is 0.820. The van der Waals surface area contributed by atoms with Gasteiger partial charge in [0.15, 0.2) is 0 Å². The number of hydrogen-bond donors (Lipinski definition) is 1. The molecule has 108 valence electrons. The second-order valence-electron chi connectivity index (χ2n) is 4.28. The van der Waals surface area contributed by atoms with Crippen LogP contribution >= 0.6 is 15.9 Å². The van der Waals surface area contributed by atoms with Crippen LogP contribution in [-0.2, 0) is 15.0 Å². The molecule has 1 heterocycles. The molecule has 1 saturated heterocycles. The van der Waals surface area contributed by atoms with Crippen LogP contribution in [-0.4, -0.2) is 37.2 Å². The van der Waals surface area contributed by atoms with Crippen LogP contribution in [0.15, 0.2) is 22.7 Å². The fraction of sp³-hybridized carbons (Fsp3) is 0.273. The van der Waals surface area contributed by atoms with Crippen molar-refractivity contribution in [2.24, 2.45) is 0 Å². The lowest BCUT2D eigenvalue weighted by Gasteiger charge is -2.17. The first kappa shape index (κ1) is 14.9. The first-order chi connectivity index (χ1) is 9.20. The molecule has 1 unspecified atom stereocenters. The maximum Gasteiger partial charge on any atom is 0.336 e. The number of amides is 1. The molecule has 0 bridgehead atoms. The normalized spacial score (nSPS) is 19.4. The Labute approximate surface area is 122 Å². The molecule has 6 nitrogen and oxygen atoms in total. The van der Waals surface area contributed by atoms with E-state index in [4.69, 9.17) is 5.11 Å². The van der Waals surface area contributed by atoms with Crippen molar-refractivity contribution in [3.8, 4) is 0 Å². The maximum absolute atomic E-state index is 12.9. The van der Waals surface area contributed by atoms with Crippen molar-refractivity contribution in [3.63, 3.8) is 0 Å². The van der Waals surface area contributed by atoms with E-state index in [1.54, 1.807) is 0 Å². The van der Waals surface area contributed by atoms with E-state index in [1.165, 1.54) is 18.2 Å². The molecule has 0 radical (unpaired) electrons. The minimum Gasteiger partial charge on any atom is -0.478 e. The summed E-state index contributed by atoms with van der Waals surface area (Å²) in [6.07, 6.45) is -0.447. The summed E-state index contributed by atoms with van der Waals surface area (Å²) >= 11 is 3.06. The Morgan fingerprint density at radius 2 is 2.10 bits per heavy atom. The Morgan fingerprint density at radius 3 is 2.60 bits per heavy atom. The highest BCUT2D eigenvalue weighted by atomic mass is 79.9. The van der Waals surface area contributed by atoms with Crippen LogP contribution in [0.25, 0.3) is 0 Å². The summed E-state index contributed by atoms with van der Waals surface area (Å²) in [6, 6.07) is 4.13. The van der Waals surface area contributed by atoms with E-state index in [1.807, 2.05) is 0 Å². The Kier molecular flexibility index (Phi) is 3.83. The number of carboxylic acids is 1. The predicted octanol–water partition coefficient (Wildman–Crippen LogP) is 1.55. The van der Waals surface area contributed by atoms with Gasteiger partial charge in [0, 0.05) is 23.1 Å². The molecule has 1 aliphatic rings. The van der Waals surface area contributed by atoms with Crippen molar-refractivity contribution in [1.82, 2.24) is 0 Å². The predicted molar refractivity (Wildman–Crippen MR) is 71.9 cm³/mol. The fourth-order valence-corrected chi connectivity index (χ4v) is 3.04. The van der Waals surface area contributed by atoms with E-state index in [-0.39, 0.29) is 17.8 Å². The minimum atomic E-state index is -4.80. The lowest BCUT2D eigenvalue weighted by molar-refractivity contribution is -0.117. The van der Waals surface area contributed by atoms with Gasteiger partial charge in [0.05, 0.1) is 5.56 Å². The molecule has 9 heteroatoms. The van der Waals surface area contributed by atoms with Gasteiger partial charge in [-0.3, -0.25) is 4.79 Å². The third-order valence-electron chi connectivity index (χ3n) is 2.98. The Hall–Kier alpha value is -1.48. The monoisotopic (exact) mass is 365 g/mol. The highest BCUT2D eigenvalue weighted by Crippen LogP contribution is 2.29. The van der Waals surface area contributed by atoms with Gasteiger partial charge in [-0.25, -0.2) is 4.79 Å². The Bertz CT molecular complexity index is 690. The summed E-state index contributed by atoms with van der Waals surface area (Å²) in [5.74, 6) is -1.75. The number of anilines is 1. The van der Waals surface area contributed by atoms with Crippen molar-refractivity contribution in [2.75, 3.05) is 11.4 Å². The molecule has 1 aliphatic heterocycles. The number of halogens is 2. The van der Waals surface area contributed by atoms with E-state index in [0.29, 0.717) is 4.47 Å². The maximum atomic E-state index is 12.9. The van der Waals surface area contributed by atoms with Crippen LogP contribution in [0.1, 0.15) is 16.8 Å². The van der Waals surface area contributed by atoms with Crippen molar-refractivity contribution in [2.45, 2.75) is 11.7 Å². The molecule has 1 amide bonds. The molecular formula is C11H9BrFNO5S. The number of carboxylic acid groups (broad SMARTS) is 1. The zero-order valence-electron chi connectivity index (χ0n) is 9.92. The van der Waals surface area contributed by atoms with Crippen molar-refractivity contribution in [1.29, 1.82) is 0 Å². The zero-order valence-corrected chi connectivity index (χ0v) is 12.3. The molecular weight excluding hydrogens is 357 g/mol. The van der Waals surface area contributed by atoms with E-state index < -0.39 is 33.8 Å². The molecule has 1 atom stereocenters. The molecule has 1 fully saturated rings. The molecule has 0 aliphatic carbocycles. The van der Waals surface area contributed by atoms with Crippen LogP contribution in [0.3, 0.4) is 0 Å². The number of hydrogen-bond acceptors (Lipinski definition) is 4.